The Morgan fingerprint density at radius 2 is 1.22 bits per heavy atom. The number of halogens is 2. The predicted molar refractivity (Wildman–Crippen MR) is 125 cm³/mol. The first-order chi connectivity index (χ1) is 15.3. The molecular formula is C23H19Cl2O6P. The third-order valence-electron chi connectivity index (χ3n) is 4.80. The van der Waals surface area contributed by atoms with Gasteiger partial charge in [-0.25, -0.2) is 0 Å². The van der Waals surface area contributed by atoms with E-state index < -0.39 is 18.2 Å². The number of methoxy groups -OCH3 is 3. The Bertz CT molecular complexity index is 1180. The SMILES string of the molecule is COc1cc(OC)c(C(=O)P(=O)(C(=O)c2c(Cl)cccc2Cl)c2ccccc2)c(OC)c1. The maximum Gasteiger partial charge on any atom is 0.249 e. The van der Waals surface area contributed by atoms with Crippen LogP contribution in [0.3, 0.4) is 0 Å². The maximum atomic E-state index is 14.5. The first-order valence-corrected chi connectivity index (χ1v) is 11.7. The molecule has 1 atom stereocenters. The summed E-state index contributed by atoms with van der Waals surface area (Å²) >= 11 is 12.4. The summed E-state index contributed by atoms with van der Waals surface area (Å²) in [4.78, 5) is 27.6. The summed E-state index contributed by atoms with van der Waals surface area (Å²) in [5.74, 6) is 0.436. The fourth-order valence-corrected chi connectivity index (χ4v) is 6.24. The lowest BCUT2D eigenvalue weighted by Gasteiger charge is -2.21. The largest absolute Gasteiger partial charge is 0.496 e. The minimum Gasteiger partial charge on any atom is -0.496 e. The van der Waals surface area contributed by atoms with E-state index in [1.54, 1.807) is 24.3 Å². The van der Waals surface area contributed by atoms with E-state index >= 15 is 0 Å². The molecule has 9 heteroatoms. The van der Waals surface area contributed by atoms with Gasteiger partial charge >= 0.3 is 0 Å². The summed E-state index contributed by atoms with van der Waals surface area (Å²) < 4.78 is 30.4. The molecule has 0 aliphatic carbocycles. The second-order valence-electron chi connectivity index (χ2n) is 6.56. The number of ether oxygens (including phenoxy) is 3. The Morgan fingerprint density at radius 1 is 0.719 bits per heavy atom. The van der Waals surface area contributed by atoms with Crippen LogP contribution in [0.5, 0.6) is 17.2 Å². The van der Waals surface area contributed by atoms with E-state index in [1.807, 2.05) is 0 Å². The van der Waals surface area contributed by atoms with Crippen molar-refractivity contribution in [2.24, 2.45) is 0 Å². The Balaban J connectivity index is 2.33. The number of rotatable bonds is 8. The van der Waals surface area contributed by atoms with Gasteiger partial charge in [0.1, 0.15) is 22.8 Å². The highest BCUT2D eigenvalue weighted by atomic mass is 35.5. The second-order valence-corrected chi connectivity index (χ2v) is 9.92. The highest BCUT2D eigenvalue weighted by Crippen LogP contribution is 2.55. The van der Waals surface area contributed by atoms with Crippen LogP contribution in [0.2, 0.25) is 10.0 Å². The fraction of sp³-hybridized carbons (Fsp3) is 0.130. The van der Waals surface area contributed by atoms with Crippen molar-refractivity contribution in [1.29, 1.82) is 0 Å². The van der Waals surface area contributed by atoms with Gasteiger partial charge < -0.3 is 18.8 Å². The van der Waals surface area contributed by atoms with Gasteiger partial charge in [0.05, 0.1) is 36.9 Å². The van der Waals surface area contributed by atoms with Gasteiger partial charge in [0.15, 0.2) is 0 Å². The highest BCUT2D eigenvalue weighted by molar-refractivity contribution is 8.01. The molecule has 166 valence electrons. The quantitative estimate of drug-likeness (QED) is 0.376. The Labute approximate surface area is 195 Å². The zero-order valence-corrected chi connectivity index (χ0v) is 19.8. The standard InChI is InChI=1S/C23H19Cl2O6P/c1-29-14-12-18(30-2)21(19(13-14)31-3)23(27)32(28,15-8-5-4-6-9-15)22(26)20-16(24)10-7-11-17(20)25/h4-13H,1-3H3. The Kier molecular flexibility index (Phi) is 7.29. The predicted octanol–water partition coefficient (Wildman–Crippen LogP) is 5.69. The van der Waals surface area contributed by atoms with Gasteiger partial charge in [0.25, 0.3) is 0 Å². The summed E-state index contributed by atoms with van der Waals surface area (Å²) in [5, 5.41) is 0.00569. The fourth-order valence-electron chi connectivity index (χ4n) is 3.20. The van der Waals surface area contributed by atoms with Crippen molar-refractivity contribution in [3.8, 4) is 17.2 Å². The van der Waals surface area contributed by atoms with Crippen LogP contribution in [-0.4, -0.2) is 32.4 Å². The minimum atomic E-state index is -4.50. The van der Waals surface area contributed by atoms with Gasteiger partial charge in [-0.3, -0.25) is 9.59 Å². The second kappa shape index (κ2) is 9.78. The molecule has 3 aromatic carbocycles. The molecule has 0 aliphatic rings. The molecule has 6 nitrogen and oxygen atoms in total. The van der Waals surface area contributed by atoms with Crippen molar-refractivity contribution in [2.45, 2.75) is 0 Å². The van der Waals surface area contributed by atoms with Crippen LogP contribution in [0, 0.1) is 0 Å². The maximum absolute atomic E-state index is 14.5. The monoisotopic (exact) mass is 492 g/mol. The van der Waals surface area contributed by atoms with E-state index in [9.17, 15) is 14.2 Å². The molecule has 0 aliphatic heterocycles. The summed E-state index contributed by atoms with van der Waals surface area (Å²) in [5.41, 5.74) is -2.30. The van der Waals surface area contributed by atoms with Gasteiger partial charge in [-0.1, -0.05) is 59.6 Å². The first kappa shape index (κ1) is 23.9. The van der Waals surface area contributed by atoms with Crippen molar-refractivity contribution in [2.75, 3.05) is 21.3 Å². The van der Waals surface area contributed by atoms with Crippen LogP contribution in [0.15, 0.2) is 60.7 Å². The molecule has 0 saturated carbocycles. The van der Waals surface area contributed by atoms with Crippen LogP contribution >= 0.6 is 30.3 Å². The van der Waals surface area contributed by atoms with Crippen LogP contribution in [-0.2, 0) is 4.57 Å². The zero-order chi connectivity index (χ0) is 23.5. The van der Waals surface area contributed by atoms with E-state index in [1.165, 1.54) is 57.7 Å². The summed E-state index contributed by atoms with van der Waals surface area (Å²) in [6.45, 7) is 0. The summed E-state index contributed by atoms with van der Waals surface area (Å²) in [6, 6.07) is 15.1. The van der Waals surface area contributed by atoms with E-state index in [-0.39, 0.29) is 38.0 Å². The molecule has 0 saturated heterocycles. The van der Waals surface area contributed by atoms with E-state index in [2.05, 4.69) is 0 Å². The Hall–Kier alpha value is -2.79. The van der Waals surface area contributed by atoms with Crippen molar-refractivity contribution in [1.82, 2.24) is 0 Å². The molecule has 3 rings (SSSR count). The van der Waals surface area contributed by atoms with Gasteiger partial charge in [-0.2, -0.15) is 0 Å². The lowest BCUT2D eigenvalue weighted by atomic mass is 10.2. The molecule has 0 radical (unpaired) electrons. The molecule has 1 unspecified atom stereocenters. The van der Waals surface area contributed by atoms with Crippen molar-refractivity contribution < 1.29 is 28.4 Å². The van der Waals surface area contributed by atoms with E-state index in [4.69, 9.17) is 37.4 Å². The molecule has 0 heterocycles. The number of benzene rings is 3. The number of carbonyl (C=O) groups excluding carboxylic acids is 2. The van der Waals surface area contributed by atoms with Gasteiger partial charge in [0, 0.05) is 17.4 Å². The Morgan fingerprint density at radius 3 is 1.69 bits per heavy atom. The molecule has 0 bridgehead atoms. The lowest BCUT2D eigenvalue weighted by molar-refractivity contribution is 0.103. The van der Waals surface area contributed by atoms with E-state index in [0.29, 0.717) is 5.75 Å². The summed E-state index contributed by atoms with van der Waals surface area (Å²) in [7, 11) is -0.388. The summed E-state index contributed by atoms with van der Waals surface area (Å²) in [6.07, 6.45) is 0. The van der Waals surface area contributed by atoms with Crippen molar-refractivity contribution >= 4 is 46.7 Å². The molecule has 0 spiro atoms. The third kappa shape index (κ3) is 4.14. The topological polar surface area (TPSA) is 78.9 Å². The zero-order valence-electron chi connectivity index (χ0n) is 17.4. The molecule has 0 amide bonds. The smallest absolute Gasteiger partial charge is 0.249 e. The van der Waals surface area contributed by atoms with Crippen molar-refractivity contribution in [3.05, 3.63) is 81.8 Å². The molecule has 0 fully saturated rings. The molecule has 0 N–H and O–H groups in total. The molecule has 0 aromatic heterocycles. The molecule has 32 heavy (non-hydrogen) atoms. The third-order valence-corrected chi connectivity index (χ3v) is 8.04. The minimum absolute atomic E-state index is 0.0138. The van der Waals surface area contributed by atoms with Crippen LogP contribution < -0.4 is 19.5 Å². The van der Waals surface area contributed by atoms with Crippen LogP contribution in [0.4, 0.5) is 0 Å². The number of carbonyl (C=O) groups is 2. The lowest BCUT2D eigenvalue weighted by Crippen LogP contribution is -2.22. The average Bonchev–Trinajstić information content (AvgIpc) is 2.82. The normalized spacial score (nSPS) is 12.5. The van der Waals surface area contributed by atoms with Gasteiger partial charge in [0.2, 0.25) is 18.2 Å². The van der Waals surface area contributed by atoms with Crippen LogP contribution in [0.25, 0.3) is 0 Å². The van der Waals surface area contributed by atoms with E-state index in [0.717, 1.165) is 0 Å². The highest BCUT2D eigenvalue weighted by Gasteiger charge is 2.46. The molecular weight excluding hydrogens is 474 g/mol. The van der Waals surface area contributed by atoms with Crippen LogP contribution in [0.1, 0.15) is 20.7 Å². The van der Waals surface area contributed by atoms with Gasteiger partial charge in [-0.15, -0.1) is 0 Å². The number of hydrogen-bond acceptors (Lipinski definition) is 6. The average molecular weight is 493 g/mol. The molecule has 3 aromatic rings. The van der Waals surface area contributed by atoms with Gasteiger partial charge in [-0.05, 0) is 12.1 Å². The first-order valence-electron chi connectivity index (χ1n) is 9.29. The van der Waals surface area contributed by atoms with Crippen molar-refractivity contribution in [3.63, 3.8) is 0 Å². The number of hydrogen-bond donors (Lipinski definition) is 0.